The molecule has 0 saturated carbocycles. The Morgan fingerprint density at radius 3 is 2.54 bits per heavy atom. The van der Waals surface area contributed by atoms with Crippen molar-refractivity contribution in [3.63, 3.8) is 0 Å². The monoisotopic (exact) mass is 364 g/mol. The number of thiazole rings is 1. The topological polar surface area (TPSA) is 49.3 Å². The van der Waals surface area contributed by atoms with Crippen molar-refractivity contribution in [1.82, 2.24) is 15.6 Å². The molecule has 0 unspecified atom stereocenters. The van der Waals surface area contributed by atoms with Crippen LogP contribution in [-0.4, -0.2) is 24.5 Å². The van der Waals surface area contributed by atoms with Gasteiger partial charge in [-0.1, -0.05) is 44.5 Å². The maximum absolute atomic E-state index is 5.97. The number of aromatic nitrogens is 1. The summed E-state index contributed by atoms with van der Waals surface area (Å²) in [6, 6.07) is 8.00. The fourth-order valence-corrected chi connectivity index (χ4v) is 3.21. The average Bonchev–Trinajstić information content (AvgIpc) is 3.03. The van der Waals surface area contributed by atoms with Crippen LogP contribution in [0.1, 0.15) is 36.2 Å². The minimum absolute atomic E-state index is 0.0290. The first-order valence-corrected chi connectivity index (χ1v) is 9.28. The predicted molar refractivity (Wildman–Crippen MR) is 104 cm³/mol. The summed E-state index contributed by atoms with van der Waals surface area (Å²) in [5, 5.41) is 8.55. The van der Waals surface area contributed by atoms with Crippen LogP contribution in [-0.2, 0) is 18.4 Å². The number of nitrogens with zero attached hydrogens (tertiary/aromatic N) is 2. The Hall–Kier alpha value is -1.59. The summed E-state index contributed by atoms with van der Waals surface area (Å²) in [6.07, 6.45) is 2.97. The lowest BCUT2D eigenvalue weighted by Crippen LogP contribution is -2.43. The summed E-state index contributed by atoms with van der Waals surface area (Å²) >= 11 is 7.71. The second-order valence-corrected chi connectivity index (χ2v) is 7.88. The number of halogens is 1. The zero-order valence-corrected chi connectivity index (χ0v) is 16.3. The van der Waals surface area contributed by atoms with E-state index in [1.165, 1.54) is 10.4 Å². The van der Waals surface area contributed by atoms with E-state index in [0.717, 1.165) is 29.0 Å². The van der Waals surface area contributed by atoms with Crippen LogP contribution in [0.3, 0.4) is 0 Å². The van der Waals surface area contributed by atoms with Crippen LogP contribution in [0.15, 0.2) is 35.5 Å². The Kier molecular flexibility index (Phi) is 6.63. The Morgan fingerprint density at radius 2 is 1.96 bits per heavy atom. The van der Waals surface area contributed by atoms with Crippen LogP contribution in [0.5, 0.6) is 0 Å². The predicted octanol–water partition coefficient (Wildman–Crippen LogP) is 4.00. The second kappa shape index (κ2) is 8.49. The van der Waals surface area contributed by atoms with E-state index in [-0.39, 0.29) is 5.41 Å². The Balaban J connectivity index is 1.89. The fraction of sp³-hybridized carbons (Fsp3) is 0.444. The van der Waals surface area contributed by atoms with Crippen molar-refractivity contribution in [3.8, 4) is 0 Å². The van der Waals surface area contributed by atoms with Gasteiger partial charge in [-0.15, -0.1) is 11.3 Å². The number of aryl methyl sites for hydroxylation is 1. The quantitative estimate of drug-likeness (QED) is 0.601. The van der Waals surface area contributed by atoms with E-state index in [0.29, 0.717) is 6.54 Å². The molecule has 0 atom stereocenters. The lowest BCUT2D eigenvalue weighted by atomic mass is 9.85. The van der Waals surface area contributed by atoms with Gasteiger partial charge in [-0.25, -0.2) is 4.98 Å². The molecule has 0 aliphatic heterocycles. The minimum atomic E-state index is -0.0290. The number of aliphatic imine (C=N–C) groups is 1. The number of hydrogen-bond acceptors (Lipinski definition) is 3. The van der Waals surface area contributed by atoms with Crippen molar-refractivity contribution in [3.05, 3.63) is 50.9 Å². The molecule has 1 aromatic heterocycles. The van der Waals surface area contributed by atoms with Gasteiger partial charge in [0.1, 0.15) is 5.01 Å². The van der Waals surface area contributed by atoms with Gasteiger partial charge in [0.2, 0.25) is 0 Å². The van der Waals surface area contributed by atoms with Crippen molar-refractivity contribution in [2.24, 2.45) is 4.99 Å². The second-order valence-electron chi connectivity index (χ2n) is 6.24. The molecule has 130 valence electrons. The third-order valence-electron chi connectivity index (χ3n) is 3.90. The number of hydrogen-bond donors (Lipinski definition) is 2. The summed E-state index contributed by atoms with van der Waals surface area (Å²) < 4.78 is 0. The van der Waals surface area contributed by atoms with Gasteiger partial charge in [0, 0.05) is 35.1 Å². The first-order valence-electron chi connectivity index (χ1n) is 8.08. The van der Waals surface area contributed by atoms with Crippen molar-refractivity contribution < 1.29 is 0 Å². The first kappa shape index (κ1) is 18.7. The number of guanidine groups is 1. The van der Waals surface area contributed by atoms with Gasteiger partial charge in [-0.2, -0.15) is 0 Å². The molecule has 2 aromatic rings. The Morgan fingerprint density at radius 1 is 1.25 bits per heavy atom. The van der Waals surface area contributed by atoms with Gasteiger partial charge >= 0.3 is 0 Å². The smallest absolute Gasteiger partial charge is 0.191 e. The van der Waals surface area contributed by atoms with Crippen LogP contribution >= 0.6 is 22.9 Å². The summed E-state index contributed by atoms with van der Waals surface area (Å²) in [7, 11) is 1.78. The highest BCUT2D eigenvalue weighted by Crippen LogP contribution is 2.23. The molecule has 0 fully saturated rings. The van der Waals surface area contributed by atoms with Gasteiger partial charge < -0.3 is 10.6 Å². The van der Waals surface area contributed by atoms with Gasteiger partial charge in [0.15, 0.2) is 5.96 Å². The third-order valence-corrected chi connectivity index (χ3v) is 5.30. The highest BCUT2D eigenvalue weighted by atomic mass is 35.5. The number of benzene rings is 1. The highest BCUT2D eigenvalue weighted by Gasteiger charge is 2.20. The molecule has 2 rings (SSSR count). The highest BCUT2D eigenvalue weighted by molar-refractivity contribution is 7.11. The molecule has 0 spiro atoms. The van der Waals surface area contributed by atoms with E-state index >= 15 is 0 Å². The molecular formula is C18H25ClN4S. The molecule has 0 amide bonds. The molecular weight excluding hydrogens is 340 g/mol. The SMILES string of the molecule is CCc1cnc(CNC(=NC)NCC(C)(C)c2ccc(Cl)cc2)s1. The molecule has 0 bridgehead atoms. The van der Waals surface area contributed by atoms with E-state index in [4.69, 9.17) is 11.6 Å². The van der Waals surface area contributed by atoms with Gasteiger partial charge in [-0.3, -0.25) is 4.99 Å². The number of rotatable bonds is 6. The van der Waals surface area contributed by atoms with Crippen LogP contribution in [0.25, 0.3) is 0 Å². The van der Waals surface area contributed by atoms with Gasteiger partial charge in [0.05, 0.1) is 6.54 Å². The Labute approximate surface area is 153 Å². The molecule has 2 N–H and O–H groups in total. The summed E-state index contributed by atoms with van der Waals surface area (Å²) in [6.45, 7) is 8.00. The maximum atomic E-state index is 5.97. The van der Waals surface area contributed by atoms with Crippen molar-refractivity contribution in [2.45, 2.75) is 39.2 Å². The molecule has 1 heterocycles. The van der Waals surface area contributed by atoms with E-state index < -0.39 is 0 Å². The zero-order valence-electron chi connectivity index (χ0n) is 14.7. The molecule has 4 nitrogen and oxygen atoms in total. The van der Waals surface area contributed by atoms with Crippen LogP contribution < -0.4 is 10.6 Å². The lowest BCUT2D eigenvalue weighted by Gasteiger charge is -2.26. The first-order chi connectivity index (χ1) is 11.4. The molecule has 6 heteroatoms. The van der Waals surface area contributed by atoms with Crippen molar-refractivity contribution in [1.29, 1.82) is 0 Å². The van der Waals surface area contributed by atoms with Crippen LogP contribution in [0, 0.1) is 0 Å². The third kappa shape index (κ3) is 5.21. The minimum Gasteiger partial charge on any atom is -0.356 e. The molecule has 24 heavy (non-hydrogen) atoms. The molecule has 0 radical (unpaired) electrons. The Bertz CT molecular complexity index is 677. The molecule has 1 aromatic carbocycles. The summed E-state index contributed by atoms with van der Waals surface area (Å²) in [5.41, 5.74) is 1.21. The summed E-state index contributed by atoms with van der Waals surface area (Å²) in [4.78, 5) is 10.0. The normalized spacial score (nSPS) is 12.3. The van der Waals surface area contributed by atoms with E-state index in [9.17, 15) is 0 Å². The standard InChI is InChI=1S/C18H25ClN4S/c1-5-15-10-21-16(24-15)11-22-17(20-4)23-12-18(2,3)13-6-8-14(19)9-7-13/h6-10H,5,11-12H2,1-4H3,(H2,20,22,23). The van der Waals surface area contributed by atoms with Crippen molar-refractivity contribution in [2.75, 3.05) is 13.6 Å². The van der Waals surface area contributed by atoms with Gasteiger partial charge in [-0.05, 0) is 24.1 Å². The lowest BCUT2D eigenvalue weighted by molar-refractivity contribution is 0.508. The average molecular weight is 365 g/mol. The van der Waals surface area contributed by atoms with Crippen LogP contribution in [0.4, 0.5) is 0 Å². The summed E-state index contributed by atoms with van der Waals surface area (Å²) in [5.74, 6) is 0.783. The van der Waals surface area contributed by atoms with E-state index in [2.05, 4.69) is 53.5 Å². The van der Waals surface area contributed by atoms with Crippen molar-refractivity contribution >= 4 is 28.9 Å². The largest absolute Gasteiger partial charge is 0.356 e. The zero-order chi connectivity index (χ0) is 17.6. The fourth-order valence-electron chi connectivity index (χ4n) is 2.28. The van der Waals surface area contributed by atoms with Gasteiger partial charge in [0.25, 0.3) is 0 Å². The van der Waals surface area contributed by atoms with E-state index in [1.807, 2.05) is 18.3 Å². The maximum Gasteiger partial charge on any atom is 0.191 e. The molecule has 0 saturated heterocycles. The number of nitrogens with one attached hydrogen (secondary N) is 2. The van der Waals surface area contributed by atoms with E-state index in [1.54, 1.807) is 18.4 Å². The molecule has 0 aliphatic rings. The molecule has 0 aliphatic carbocycles. The van der Waals surface area contributed by atoms with Crippen LogP contribution in [0.2, 0.25) is 5.02 Å².